The van der Waals surface area contributed by atoms with Crippen LogP contribution in [-0.2, 0) is 0 Å². The van der Waals surface area contributed by atoms with Crippen molar-refractivity contribution in [2.45, 2.75) is 0 Å². The maximum atomic E-state index is 13.7. The summed E-state index contributed by atoms with van der Waals surface area (Å²) < 4.78 is 29.7. The minimum absolute atomic E-state index is 0.342. The number of halogens is 3. The minimum atomic E-state index is -0.397. The summed E-state index contributed by atoms with van der Waals surface area (Å²) in [5.74, 6) is 0.497. The second kappa shape index (κ2) is 5.48. The summed E-state index contributed by atoms with van der Waals surface area (Å²) in [5, 5.41) is 11.7. The lowest BCUT2D eigenvalue weighted by atomic mass is 10.2. The molecule has 0 aliphatic carbocycles. The normalized spacial score (nSPS) is 11.3. The number of nitrogens with one attached hydrogen (secondary N) is 1. The summed E-state index contributed by atoms with van der Waals surface area (Å²) in [6.07, 6.45) is 0. The van der Waals surface area contributed by atoms with Gasteiger partial charge in [-0.15, -0.1) is 10.2 Å². The highest BCUT2D eigenvalue weighted by Gasteiger charge is 2.16. The first kappa shape index (κ1) is 14.9. The van der Waals surface area contributed by atoms with Crippen LogP contribution >= 0.6 is 15.9 Å². The number of aromatic nitrogens is 4. The molecule has 0 saturated carbocycles. The monoisotopic (exact) mass is 389 g/mol. The topological polar surface area (TPSA) is 55.1 Å². The molecule has 2 heterocycles. The van der Waals surface area contributed by atoms with E-state index in [0.29, 0.717) is 38.4 Å². The van der Waals surface area contributed by atoms with Gasteiger partial charge < -0.3 is 5.32 Å². The number of hydrogen-bond acceptors (Lipinski definition) is 4. The van der Waals surface area contributed by atoms with E-state index in [0.717, 1.165) is 0 Å². The first-order valence-electron chi connectivity index (χ1n) is 7.05. The Kier molecular flexibility index (Phi) is 3.42. The first-order valence-corrected chi connectivity index (χ1v) is 7.85. The van der Waals surface area contributed by atoms with Gasteiger partial charge in [-0.1, -0.05) is 15.9 Å². The number of rotatable bonds is 2. The average molecular weight is 390 g/mol. The molecule has 8 heteroatoms. The van der Waals surface area contributed by atoms with Crippen LogP contribution in [0.3, 0.4) is 0 Å². The summed E-state index contributed by atoms with van der Waals surface area (Å²) in [7, 11) is 1.70. The molecule has 0 saturated heterocycles. The largest absolute Gasteiger partial charge is 0.372 e. The van der Waals surface area contributed by atoms with E-state index in [1.54, 1.807) is 23.6 Å². The number of benzene rings is 2. The lowest BCUT2D eigenvalue weighted by Gasteiger charge is -2.09. The highest BCUT2D eigenvalue weighted by atomic mass is 79.9. The molecule has 2 aromatic carbocycles. The molecule has 0 unspecified atom stereocenters. The van der Waals surface area contributed by atoms with Crippen molar-refractivity contribution in [2.24, 2.45) is 0 Å². The van der Waals surface area contributed by atoms with Gasteiger partial charge >= 0.3 is 0 Å². The Morgan fingerprint density at radius 3 is 2.62 bits per heavy atom. The van der Waals surface area contributed by atoms with Gasteiger partial charge in [0.1, 0.15) is 17.5 Å². The molecule has 0 atom stereocenters. The van der Waals surface area contributed by atoms with Crippen molar-refractivity contribution in [1.82, 2.24) is 19.6 Å². The number of nitrogens with zero attached hydrogens (tertiary/aromatic N) is 4. The van der Waals surface area contributed by atoms with Gasteiger partial charge in [0.25, 0.3) is 5.78 Å². The van der Waals surface area contributed by atoms with Gasteiger partial charge in [-0.25, -0.2) is 8.78 Å². The number of anilines is 1. The van der Waals surface area contributed by atoms with E-state index in [1.807, 2.05) is 0 Å². The van der Waals surface area contributed by atoms with E-state index < -0.39 is 5.82 Å². The summed E-state index contributed by atoms with van der Waals surface area (Å²) >= 11 is 3.27. The molecular formula is C16H10BrF2N5. The van der Waals surface area contributed by atoms with E-state index in [1.165, 1.54) is 24.3 Å². The molecule has 0 aliphatic heterocycles. The van der Waals surface area contributed by atoms with E-state index in [-0.39, 0.29) is 5.82 Å². The molecule has 0 radical (unpaired) electrons. The van der Waals surface area contributed by atoms with E-state index in [4.69, 9.17) is 0 Å². The Morgan fingerprint density at radius 1 is 1.04 bits per heavy atom. The second-order valence-corrected chi connectivity index (χ2v) is 6.10. The maximum Gasteiger partial charge on any atom is 0.257 e. The van der Waals surface area contributed by atoms with Gasteiger partial charge in [-0.3, -0.25) is 4.40 Å². The molecule has 0 amide bonds. The Bertz CT molecular complexity index is 1070. The van der Waals surface area contributed by atoms with Crippen LogP contribution in [0.15, 0.2) is 40.9 Å². The molecule has 0 bridgehead atoms. The lowest BCUT2D eigenvalue weighted by Crippen LogP contribution is -2.01. The van der Waals surface area contributed by atoms with Crippen LogP contribution in [0.5, 0.6) is 0 Å². The van der Waals surface area contributed by atoms with Gasteiger partial charge in [0.15, 0.2) is 5.82 Å². The quantitative estimate of drug-likeness (QED) is 0.562. The van der Waals surface area contributed by atoms with Gasteiger partial charge in [-0.05, 0) is 36.4 Å². The summed E-state index contributed by atoms with van der Waals surface area (Å²) in [6, 6.07) is 8.83. The van der Waals surface area contributed by atoms with Crippen LogP contribution in [0.25, 0.3) is 28.1 Å². The molecule has 0 spiro atoms. The Labute approximate surface area is 143 Å². The first-order chi connectivity index (χ1) is 11.6. The highest BCUT2D eigenvalue weighted by molar-refractivity contribution is 9.10. The molecule has 120 valence electrons. The van der Waals surface area contributed by atoms with Crippen molar-refractivity contribution in [3.63, 3.8) is 0 Å². The van der Waals surface area contributed by atoms with Crippen molar-refractivity contribution in [1.29, 1.82) is 0 Å². The SMILES string of the molecule is CNc1nc2nnc(-c3cc(F)cc(Br)c3)n2c2ccc(F)cc12. The van der Waals surface area contributed by atoms with E-state index in [2.05, 4.69) is 36.4 Å². The van der Waals surface area contributed by atoms with Crippen LogP contribution in [0.4, 0.5) is 14.6 Å². The molecule has 1 N–H and O–H groups in total. The molecule has 5 nitrogen and oxygen atoms in total. The lowest BCUT2D eigenvalue weighted by molar-refractivity contribution is 0.627. The molecule has 4 rings (SSSR count). The van der Waals surface area contributed by atoms with E-state index in [9.17, 15) is 8.78 Å². The average Bonchev–Trinajstić information content (AvgIpc) is 2.96. The Morgan fingerprint density at radius 2 is 1.88 bits per heavy atom. The molecule has 4 aromatic rings. The number of fused-ring (bicyclic) bond motifs is 3. The van der Waals surface area contributed by atoms with Crippen LogP contribution in [0, 0.1) is 11.6 Å². The smallest absolute Gasteiger partial charge is 0.257 e. The van der Waals surface area contributed by atoms with Gasteiger partial charge in [0, 0.05) is 22.5 Å². The highest BCUT2D eigenvalue weighted by Crippen LogP contribution is 2.29. The van der Waals surface area contributed by atoms with Crippen molar-refractivity contribution in [3.8, 4) is 11.4 Å². The molecule has 2 aromatic heterocycles. The Hall–Kier alpha value is -2.61. The maximum absolute atomic E-state index is 13.7. The van der Waals surface area contributed by atoms with Crippen molar-refractivity contribution in [2.75, 3.05) is 12.4 Å². The third-order valence-corrected chi connectivity index (χ3v) is 4.13. The van der Waals surface area contributed by atoms with Crippen LogP contribution in [-0.4, -0.2) is 26.6 Å². The van der Waals surface area contributed by atoms with Crippen LogP contribution < -0.4 is 5.32 Å². The standard InChI is InChI=1S/C16H10BrF2N5/c1-20-14-12-7-10(18)2-3-13(12)24-15(22-23-16(24)21-14)8-4-9(17)6-11(19)5-8/h2-7H,1H3,(H,20,21,23). The fourth-order valence-corrected chi connectivity index (χ4v) is 3.15. The van der Waals surface area contributed by atoms with E-state index >= 15 is 0 Å². The molecule has 24 heavy (non-hydrogen) atoms. The Balaban J connectivity index is 2.12. The third kappa shape index (κ3) is 2.30. The predicted molar refractivity (Wildman–Crippen MR) is 90.9 cm³/mol. The predicted octanol–water partition coefficient (Wildman–Crippen LogP) is 4.03. The van der Waals surface area contributed by atoms with Gasteiger partial charge in [-0.2, -0.15) is 4.98 Å². The van der Waals surface area contributed by atoms with Gasteiger partial charge in [0.2, 0.25) is 0 Å². The summed E-state index contributed by atoms with van der Waals surface area (Å²) in [5.41, 5.74) is 1.21. The summed E-state index contributed by atoms with van der Waals surface area (Å²) in [4.78, 5) is 4.36. The second-order valence-electron chi connectivity index (χ2n) is 5.19. The van der Waals surface area contributed by atoms with Crippen LogP contribution in [0.2, 0.25) is 0 Å². The fraction of sp³-hybridized carbons (Fsp3) is 0.0625. The van der Waals surface area contributed by atoms with Crippen molar-refractivity contribution >= 4 is 38.4 Å². The minimum Gasteiger partial charge on any atom is -0.372 e. The molecule has 0 aliphatic rings. The van der Waals surface area contributed by atoms with Crippen molar-refractivity contribution in [3.05, 3.63) is 52.5 Å². The molecule has 0 fully saturated rings. The van der Waals surface area contributed by atoms with Crippen molar-refractivity contribution < 1.29 is 8.78 Å². The van der Waals surface area contributed by atoms with Gasteiger partial charge in [0.05, 0.1) is 5.52 Å². The summed E-state index contributed by atoms with van der Waals surface area (Å²) in [6.45, 7) is 0. The zero-order valence-corrected chi connectivity index (χ0v) is 14.0. The van der Waals surface area contributed by atoms with Crippen LogP contribution in [0.1, 0.15) is 0 Å². The zero-order chi connectivity index (χ0) is 16.8. The molecular weight excluding hydrogens is 380 g/mol. The zero-order valence-electron chi connectivity index (χ0n) is 12.4. The number of hydrogen-bond donors (Lipinski definition) is 1. The third-order valence-electron chi connectivity index (χ3n) is 3.67. The fourth-order valence-electron chi connectivity index (χ4n) is 2.68.